The molecular weight excluding hydrogens is 184 g/mol. The maximum absolute atomic E-state index is 5.85. The van der Waals surface area contributed by atoms with E-state index in [-0.39, 0.29) is 0 Å². The first-order valence-electron chi connectivity index (χ1n) is 4.56. The third-order valence-corrected chi connectivity index (χ3v) is 2.87. The van der Waals surface area contributed by atoms with E-state index in [2.05, 4.69) is 29.9 Å². The fraction of sp³-hybridized carbons (Fsp3) is 0.500. The lowest BCUT2D eigenvalue weighted by Gasteiger charge is -2.30. The summed E-state index contributed by atoms with van der Waals surface area (Å²) in [7, 11) is 2.06. The van der Waals surface area contributed by atoms with Crippen molar-refractivity contribution in [1.82, 2.24) is 4.98 Å². The third kappa shape index (κ3) is 1.51. The van der Waals surface area contributed by atoms with Crippen molar-refractivity contribution in [3.63, 3.8) is 0 Å². The summed E-state index contributed by atoms with van der Waals surface area (Å²) in [5.74, 6) is 1.65. The Labute approximate surface area is 83.5 Å². The second-order valence-corrected chi connectivity index (χ2v) is 4.05. The number of anilines is 1. The summed E-state index contributed by atoms with van der Waals surface area (Å²) in [6, 6.07) is 3.96. The maximum atomic E-state index is 5.85. The molecule has 13 heavy (non-hydrogen) atoms. The molecule has 70 valence electrons. The number of hydrogen-bond donors (Lipinski definition) is 0. The Hall–Kier alpha value is -0.760. The van der Waals surface area contributed by atoms with Crippen LogP contribution < -0.4 is 4.90 Å². The lowest BCUT2D eigenvalue weighted by atomic mass is 9.95. The van der Waals surface area contributed by atoms with Gasteiger partial charge in [-0.2, -0.15) is 0 Å². The Bertz CT molecular complexity index is 325. The smallest absolute Gasteiger partial charge is 0.133 e. The molecule has 1 unspecified atom stereocenters. The van der Waals surface area contributed by atoms with Crippen LogP contribution in [0.2, 0.25) is 5.15 Å². The number of fused-ring (bicyclic) bond motifs is 1. The largest absolute Gasteiger partial charge is 0.359 e. The molecule has 3 heteroatoms. The minimum atomic E-state index is 0.583. The minimum Gasteiger partial charge on any atom is -0.359 e. The van der Waals surface area contributed by atoms with Crippen molar-refractivity contribution in [1.29, 1.82) is 0 Å². The summed E-state index contributed by atoms with van der Waals surface area (Å²) in [5, 5.41) is 0.583. The Morgan fingerprint density at radius 2 is 2.31 bits per heavy atom. The highest BCUT2D eigenvalue weighted by Crippen LogP contribution is 2.33. The van der Waals surface area contributed by atoms with Gasteiger partial charge in [0.25, 0.3) is 0 Å². The second kappa shape index (κ2) is 3.18. The van der Waals surface area contributed by atoms with Gasteiger partial charge in [-0.1, -0.05) is 24.6 Å². The van der Waals surface area contributed by atoms with Crippen LogP contribution in [-0.2, 0) is 0 Å². The Morgan fingerprint density at radius 3 is 3.08 bits per heavy atom. The first kappa shape index (κ1) is 8.82. The molecule has 0 saturated carbocycles. The molecule has 1 aromatic heterocycles. The summed E-state index contributed by atoms with van der Waals surface area (Å²) in [6.07, 6.45) is 1.20. The fourth-order valence-electron chi connectivity index (χ4n) is 1.78. The van der Waals surface area contributed by atoms with E-state index in [1.807, 2.05) is 6.07 Å². The van der Waals surface area contributed by atoms with Crippen molar-refractivity contribution in [3.8, 4) is 0 Å². The molecule has 0 amide bonds. The average molecular weight is 197 g/mol. The molecule has 0 radical (unpaired) electrons. The maximum Gasteiger partial charge on any atom is 0.133 e. The number of nitrogens with zero attached hydrogens (tertiary/aromatic N) is 2. The molecule has 2 rings (SSSR count). The number of aromatic nitrogens is 1. The topological polar surface area (TPSA) is 16.1 Å². The van der Waals surface area contributed by atoms with Gasteiger partial charge in [-0.15, -0.1) is 0 Å². The van der Waals surface area contributed by atoms with Crippen LogP contribution in [0.1, 0.15) is 24.8 Å². The number of rotatable bonds is 0. The summed E-state index contributed by atoms with van der Waals surface area (Å²) in [4.78, 5) is 6.50. The van der Waals surface area contributed by atoms with Crippen LogP contribution in [-0.4, -0.2) is 18.6 Å². The first-order valence-corrected chi connectivity index (χ1v) is 4.94. The Morgan fingerprint density at radius 1 is 1.54 bits per heavy atom. The van der Waals surface area contributed by atoms with Crippen LogP contribution in [0.4, 0.5) is 5.82 Å². The molecule has 0 fully saturated rings. The van der Waals surface area contributed by atoms with Crippen molar-refractivity contribution in [2.75, 3.05) is 18.5 Å². The Balaban J connectivity index is 2.50. The van der Waals surface area contributed by atoms with Gasteiger partial charge in [0.15, 0.2) is 0 Å². The average Bonchev–Trinajstić information content (AvgIpc) is 2.12. The SMILES string of the molecule is CC1CCN(C)c2nc(Cl)ccc21. The zero-order chi connectivity index (χ0) is 9.42. The van der Waals surface area contributed by atoms with E-state index in [0.29, 0.717) is 11.1 Å². The van der Waals surface area contributed by atoms with Crippen molar-refractivity contribution in [2.45, 2.75) is 19.3 Å². The van der Waals surface area contributed by atoms with E-state index in [0.717, 1.165) is 12.4 Å². The number of hydrogen-bond acceptors (Lipinski definition) is 2. The standard InChI is InChI=1S/C10H13ClN2/c1-7-5-6-13(2)10-8(7)3-4-9(11)12-10/h3-4,7H,5-6H2,1-2H3. The van der Waals surface area contributed by atoms with E-state index >= 15 is 0 Å². The lowest BCUT2D eigenvalue weighted by molar-refractivity contribution is 0.629. The number of halogens is 1. The molecule has 2 heterocycles. The zero-order valence-corrected chi connectivity index (χ0v) is 8.67. The van der Waals surface area contributed by atoms with Crippen LogP contribution in [0.25, 0.3) is 0 Å². The highest BCUT2D eigenvalue weighted by atomic mass is 35.5. The van der Waals surface area contributed by atoms with Crippen LogP contribution in [0.5, 0.6) is 0 Å². The van der Waals surface area contributed by atoms with Gasteiger partial charge < -0.3 is 4.90 Å². The molecule has 0 aromatic carbocycles. The van der Waals surface area contributed by atoms with E-state index in [9.17, 15) is 0 Å². The van der Waals surface area contributed by atoms with E-state index in [4.69, 9.17) is 11.6 Å². The molecule has 0 aliphatic carbocycles. The molecule has 1 aliphatic heterocycles. The predicted octanol–water partition coefficient (Wildman–Crippen LogP) is 2.68. The highest BCUT2D eigenvalue weighted by molar-refractivity contribution is 6.29. The van der Waals surface area contributed by atoms with Gasteiger partial charge in [-0.25, -0.2) is 4.98 Å². The summed E-state index contributed by atoms with van der Waals surface area (Å²) >= 11 is 5.85. The summed E-state index contributed by atoms with van der Waals surface area (Å²) in [5.41, 5.74) is 1.32. The summed E-state index contributed by atoms with van der Waals surface area (Å²) in [6.45, 7) is 3.31. The summed E-state index contributed by atoms with van der Waals surface area (Å²) < 4.78 is 0. The number of pyridine rings is 1. The molecule has 0 bridgehead atoms. The van der Waals surface area contributed by atoms with Gasteiger partial charge in [0.05, 0.1) is 0 Å². The molecule has 2 nitrogen and oxygen atoms in total. The van der Waals surface area contributed by atoms with Crippen molar-refractivity contribution >= 4 is 17.4 Å². The molecule has 1 aliphatic rings. The fourth-order valence-corrected chi connectivity index (χ4v) is 1.92. The molecule has 1 aromatic rings. The predicted molar refractivity (Wildman–Crippen MR) is 55.5 cm³/mol. The van der Waals surface area contributed by atoms with Gasteiger partial charge in [0, 0.05) is 13.6 Å². The quantitative estimate of drug-likeness (QED) is 0.594. The van der Waals surface area contributed by atoms with Crippen molar-refractivity contribution < 1.29 is 0 Å². The van der Waals surface area contributed by atoms with Gasteiger partial charge in [0.1, 0.15) is 11.0 Å². The van der Waals surface area contributed by atoms with Crippen molar-refractivity contribution in [3.05, 3.63) is 22.8 Å². The molecule has 0 saturated heterocycles. The second-order valence-electron chi connectivity index (χ2n) is 3.66. The van der Waals surface area contributed by atoms with Crippen LogP contribution in [0, 0.1) is 0 Å². The van der Waals surface area contributed by atoms with E-state index in [1.165, 1.54) is 12.0 Å². The molecule has 1 atom stereocenters. The highest BCUT2D eigenvalue weighted by Gasteiger charge is 2.20. The van der Waals surface area contributed by atoms with Gasteiger partial charge in [-0.05, 0) is 24.0 Å². The van der Waals surface area contributed by atoms with Crippen LogP contribution >= 0.6 is 11.6 Å². The molecule has 0 spiro atoms. The zero-order valence-electron chi connectivity index (χ0n) is 7.92. The molecular formula is C10H13ClN2. The minimum absolute atomic E-state index is 0.583. The van der Waals surface area contributed by atoms with E-state index < -0.39 is 0 Å². The van der Waals surface area contributed by atoms with Gasteiger partial charge in [0.2, 0.25) is 0 Å². The molecule has 0 N–H and O–H groups in total. The normalized spacial score (nSPS) is 21.5. The monoisotopic (exact) mass is 196 g/mol. The lowest BCUT2D eigenvalue weighted by Crippen LogP contribution is -2.27. The van der Waals surface area contributed by atoms with E-state index in [1.54, 1.807) is 0 Å². The van der Waals surface area contributed by atoms with Crippen molar-refractivity contribution in [2.24, 2.45) is 0 Å². The first-order chi connectivity index (χ1) is 6.18. The van der Waals surface area contributed by atoms with Crippen LogP contribution in [0.3, 0.4) is 0 Å². The van der Waals surface area contributed by atoms with Gasteiger partial charge >= 0.3 is 0 Å². The van der Waals surface area contributed by atoms with Gasteiger partial charge in [-0.3, -0.25) is 0 Å². The third-order valence-electron chi connectivity index (χ3n) is 2.66. The van der Waals surface area contributed by atoms with Crippen LogP contribution in [0.15, 0.2) is 12.1 Å². The Kier molecular flexibility index (Phi) is 2.16.